The van der Waals surface area contributed by atoms with E-state index in [2.05, 4.69) is 17.6 Å². The maximum atomic E-state index is 12.3. The Hall–Kier alpha value is -1.59. The van der Waals surface area contributed by atoms with Gasteiger partial charge in [0.05, 0.1) is 6.61 Å². The average Bonchev–Trinajstić information content (AvgIpc) is 2.54. The zero-order valence-corrected chi connectivity index (χ0v) is 13.4. The molecule has 1 heterocycles. The molecule has 1 aromatic carbocycles. The second-order valence-corrected chi connectivity index (χ2v) is 5.77. The molecule has 0 saturated carbocycles. The first-order valence-electron chi connectivity index (χ1n) is 7.94. The van der Waals surface area contributed by atoms with E-state index in [1.807, 2.05) is 24.3 Å². The molecule has 1 aliphatic heterocycles. The summed E-state index contributed by atoms with van der Waals surface area (Å²) in [6.45, 7) is 5.36. The highest BCUT2D eigenvalue weighted by atomic mass is 16.5. The van der Waals surface area contributed by atoms with Gasteiger partial charge in [-0.1, -0.05) is 6.92 Å². The topological polar surface area (TPSA) is 59.6 Å². The molecule has 2 N–H and O–H groups in total. The highest BCUT2D eigenvalue weighted by Crippen LogP contribution is 2.15. The Morgan fingerprint density at radius 3 is 2.77 bits per heavy atom. The third-order valence-corrected chi connectivity index (χ3v) is 4.02. The van der Waals surface area contributed by atoms with E-state index in [0.717, 1.165) is 31.7 Å². The van der Waals surface area contributed by atoms with Gasteiger partial charge in [0.25, 0.3) is 5.91 Å². The zero-order valence-electron chi connectivity index (χ0n) is 13.4. The van der Waals surface area contributed by atoms with Crippen molar-refractivity contribution in [3.8, 4) is 5.75 Å². The van der Waals surface area contributed by atoms with Gasteiger partial charge in [-0.2, -0.15) is 0 Å². The summed E-state index contributed by atoms with van der Waals surface area (Å²) in [4.78, 5) is 12.3. The summed E-state index contributed by atoms with van der Waals surface area (Å²) in [5.41, 5.74) is 0.669. The number of amides is 1. The fourth-order valence-corrected chi connectivity index (χ4v) is 2.53. The summed E-state index contributed by atoms with van der Waals surface area (Å²) >= 11 is 0. The van der Waals surface area contributed by atoms with E-state index in [9.17, 15) is 4.79 Å². The van der Waals surface area contributed by atoms with Gasteiger partial charge in [0, 0.05) is 38.3 Å². The van der Waals surface area contributed by atoms with Gasteiger partial charge in [-0.25, -0.2) is 0 Å². The molecule has 2 unspecified atom stereocenters. The number of hydrogen-bond acceptors (Lipinski definition) is 4. The fraction of sp³-hybridized carbons (Fsp3) is 0.588. The molecule has 1 fully saturated rings. The van der Waals surface area contributed by atoms with Gasteiger partial charge < -0.3 is 20.1 Å². The van der Waals surface area contributed by atoms with Crippen molar-refractivity contribution in [2.24, 2.45) is 5.92 Å². The molecular weight excluding hydrogens is 280 g/mol. The van der Waals surface area contributed by atoms with Gasteiger partial charge in [-0.05, 0) is 43.1 Å². The Balaban J connectivity index is 1.82. The van der Waals surface area contributed by atoms with Gasteiger partial charge in [0.2, 0.25) is 0 Å². The van der Waals surface area contributed by atoms with E-state index >= 15 is 0 Å². The molecule has 122 valence electrons. The molecule has 2 atom stereocenters. The first kappa shape index (κ1) is 16.8. The monoisotopic (exact) mass is 306 g/mol. The van der Waals surface area contributed by atoms with Crippen molar-refractivity contribution in [1.29, 1.82) is 0 Å². The summed E-state index contributed by atoms with van der Waals surface area (Å²) < 4.78 is 10.6. The number of benzene rings is 1. The summed E-state index contributed by atoms with van der Waals surface area (Å²) in [6.07, 6.45) is 1.95. The predicted molar refractivity (Wildman–Crippen MR) is 86.3 cm³/mol. The normalized spacial score (nSPS) is 21.4. The van der Waals surface area contributed by atoms with Crippen molar-refractivity contribution >= 4 is 5.91 Å². The third kappa shape index (κ3) is 5.00. The molecule has 1 amide bonds. The molecular formula is C17H26N2O3. The third-order valence-electron chi connectivity index (χ3n) is 4.02. The van der Waals surface area contributed by atoms with E-state index in [1.54, 1.807) is 7.11 Å². The van der Waals surface area contributed by atoms with Crippen molar-refractivity contribution in [3.05, 3.63) is 29.8 Å². The highest BCUT2D eigenvalue weighted by molar-refractivity contribution is 5.94. The van der Waals surface area contributed by atoms with Crippen molar-refractivity contribution in [2.75, 3.05) is 33.4 Å². The molecule has 1 aliphatic rings. The summed E-state index contributed by atoms with van der Waals surface area (Å²) in [6, 6.07) is 7.49. The SMILES string of the molecule is COCCCOc1ccc(C(=O)NC2CNCCC2C)cc1. The van der Waals surface area contributed by atoms with Crippen molar-refractivity contribution in [3.63, 3.8) is 0 Å². The average molecular weight is 306 g/mol. The Morgan fingerprint density at radius 1 is 1.32 bits per heavy atom. The quantitative estimate of drug-likeness (QED) is 0.755. The number of carbonyl (C=O) groups is 1. The largest absolute Gasteiger partial charge is 0.494 e. The van der Waals surface area contributed by atoms with Crippen LogP contribution in [0.4, 0.5) is 0 Å². The van der Waals surface area contributed by atoms with Gasteiger partial charge in [-0.3, -0.25) is 4.79 Å². The first-order valence-corrected chi connectivity index (χ1v) is 7.94. The van der Waals surface area contributed by atoms with Crippen LogP contribution in [0.2, 0.25) is 0 Å². The number of ether oxygens (including phenoxy) is 2. The minimum atomic E-state index is -0.0218. The van der Waals surface area contributed by atoms with Crippen molar-refractivity contribution in [1.82, 2.24) is 10.6 Å². The van der Waals surface area contributed by atoms with Gasteiger partial charge in [0.15, 0.2) is 0 Å². The maximum Gasteiger partial charge on any atom is 0.251 e. The second kappa shape index (κ2) is 8.76. The predicted octanol–water partition coefficient (Wildman–Crippen LogP) is 1.83. The number of piperidine rings is 1. The van der Waals surface area contributed by atoms with Crippen LogP contribution in [-0.2, 0) is 4.74 Å². The second-order valence-electron chi connectivity index (χ2n) is 5.77. The van der Waals surface area contributed by atoms with Crippen LogP contribution in [-0.4, -0.2) is 45.4 Å². The number of methoxy groups -OCH3 is 1. The first-order chi connectivity index (χ1) is 10.7. The standard InChI is InChI=1S/C17H26N2O3/c1-13-8-9-18-12-16(13)19-17(20)14-4-6-15(7-5-14)22-11-3-10-21-2/h4-7,13,16,18H,3,8-12H2,1-2H3,(H,19,20). The van der Waals surface area contributed by atoms with Crippen LogP contribution in [0.1, 0.15) is 30.1 Å². The summed E-state index contributed by atoms with van der Waals surface area (Å²) in [5, 5.41) is 6.43. The van der Waals surface area contributed by atoms with E-state index < -0.39 is 0 Å². The van der Waals surface area contributed by atoms with E-state index in [-0.39, 0.29) is 11.9 Å². The van der Waals surface area contributed by atoms with E-state index in [1.165, 1.54) is 0 Å². The fourth-order valence-electron chi connectivity index (χ4n) is 2.53. The lowest BCUT2D eigenvalue weighted by molar-refractivity contribution is 0.0915. The van der Waals surface area contributed by atoms with Crippen LogP contribution in [0, 0.1) is 5.92 Å². The number of hydrogen-bond donors (Lipinski definition) is 2. The van der Waals surface area contributed by atoms with Gasteiger partial charge in [0.1, 0.15) is 5.75 Å². The van der Waals surface area contributed by atoms with E-state index in [0.29, 0.717) is 24.7 Å². The van der Waals surface area contributed by atoms with Crippen molar-refractivity contribution in [2.45, 2.75) is 25.8 Å². The molecule has 0 spiro atoms. The molecule has 5 nitrogen and oxygen atoms in total. The minimum absolute atomic E-state index is 0.0218. The number of rotatable bonds is 7. The Bertz CT molecular complexity index is 461. The zero-order chi connectivity index (χ0) is 15.8. The summed E-state index contributed by atoms with van der Waals surface area (Å²) in [5.74, 6) is 1.26. The highest BCUT2D eigenvalue weighted by Gasteiger charge is 2.22. The number of carbonyl (C=O) groups excluding carboxylic acids is 1. The van der Waals surface area contributed by atoms with Crippen LogP contribution in [0.5, 0.6) is 5.75 Å². The lowest BCUT2D eigenvalue weighted by atomic mass is 9.94. The van der Waals surface area contributed by atoms with Gasteiger partial charge >= 0.3 is 0 Å². The van der Waals surface area contributed by atoms with Crippen molar-refractivity contribution < 1.29 is 14.3 Å². The molecule has 1 aromatic rings. The lowest BCUT2D eigenvalue weighted by Crippen LogP contribution is -2.50. The van der Waals surface area contributed by atoms with Crippen LogP contribution in [0.15, 0.2) is 24.3 Å². The van der Waals surface area contributed by atoms with Gasteiger partial charge in [-0.15, -0.1) is 0 Å². The van der Waals surface area contributed by atoms with Crippen LogP contribution in [0.3, 0.4) is 0 Å². The Labute approximate surface area is 132 Å². The number of nitrogens with one attached hydrogen (secondary N) is 2. The molecule has 22 heavy (non-hydrogen) atoms. The molecule has 5 heteroatoms. The van der Waals surface area contributed by atoms with Crippen LogP contribution < -0.4 is 15.4 Å². The molecule has 0 aromatic heterocycles. The molecule has 0 radical (unpaired) electrons. The smallest absolute Gasteiger partial charge is 0.251 e. The van der Waals surface area contributed by atoms with Crippen LogP contribution >= 0.6 is 0 Å². The minimum Gasteiger partial charge on any atom is -0.494 e. The molecule has 2 rings (SSSR count). The Kier molecular flexibility index (Phi) is 6.68. The lowest BCUT2D eigenvalue weighted by Gasteiger charge is -2.30. The summed E-state index contributed by atoms with van der Waals surface area (Å²) in [7, 11) is 1.68. The molecule has 1 saturated heterocycles. The maximum absolute atomic E-state index is 12.3. The molecule has 0 bridgehead atoms. The Morgan fingerprint density at radius 2 is 2.09 bits per heavy atom. The van der Waals surface area contributed by atoms with Crippen LogP contribution in [0.25, 0.3) is 0 Å². The van der Waals surface area contributed by atoms with E-state index in [4.69, 9.17) is 9.47 Å². The molecule has 0 aliphatic carbocycles.